The number of hydrogen-bond donors (Lipinski definition) is 13. The summed E-state index contributed by atoms with van der Waals surface area (Å²) in [5.41, 5.74) is 6.04. The zero-order valence-electron chi connectivity index (χ0n) is 43.1. The molecule has 0 saturated carbocycles. The molecule has 4 heterocycles. The summed E-state index contributed by atoms with van der Waals surface area (Å²) in [5, 5.41) is 129. The molecule has 0 amide bonds. The van der Waals surface area contributed by atoms with E-state index >= 15 is 0 Å². The SMILES string of the molecule is CC1/C=C/C=C/CC/C=C/C=C/C=C/C=C/C(OC2O[C@H](C)[C@@H](O)[C@H](N)[C@@H]2O)CC2OC(O)(CC(O)C(O)CCC(O)CC(O)CC(O)CC(=O)OC(C)C(C)C1OC1C[C@@H](O)[C@@H](O)[C@H](C)O1)CC(O)C2C(=O)O. The number of ether oxygens (including phenoxy) is 6. The summed E-state index contributed by atoms with van der Waals surface area (Å²) < 4.78 is 35.8. The van der Waals surface area contributed by atoms with Gasteiger partial charge in [-0.1, -0.05) is 86.8 Å². The van der Waals surface area contributed by atoms with Crippen molar-refractivity contribution in [2.45, 2.75) is 227 Å². The fraction of sp³-hybridized carbons (Fsp3) is 0.736. The van der Waals surface area contributed by atoms with Crippen LogP contribution in [-0.2, 0) is 38.0 Å². The Labute approximate surface area is 433 Å². The molecule has 16 unspecified atom stereocenters. The first-order chi connectivity index (χ1) is 34.9. The molecule has 21 nitrogen and oxygen atoms in total. The normalized spacial score (nSPS) is 46.5. The molecule has 14 N–H and O–H groups in total. The van der Waals surface area contributed by atoms with Gasteiger partial charge in [0.2, 0.25) is 0 Å². The first kappa shape index (κ1) is 63.2. The van der Waals surface area contributed by atoms with E-state index in [9.17, 15) is 70.9 Å². The number of aliphatic hydroxyl groups is 11. The Hall–Kier alpha value is -3.30. The maximum absolute atomic E-state index is 13.1. The molecular formula is C53H85NO20. The van der Waals surface area contributed by atoms with Gasteiger partial charge in [0, 0.05) is 37.5 Å². The number of carboxylic acid groups (broad SMARTS) is 1. The van der Waals surface area contributed by atoms with Gasteiger partial charge in [0.05, 0.1) is 91.8 Å². The fourth-order valence-corrected chi connectivity index (χ4v) is 9.63. The van der Waals surface area contributed by atoms with Crippen molar-refractivity contribution in [2.75, 3.05) is 0 Å². The van der Waals surface area contributed by atoms with E-state index < -0.39 is 165 Å². The first-order valence-corrected chi connectivity index (χ1v) is 25.9. The summed E-state index contributed by atoms with van der Waals surface area (Å²) in [6, 6.07) is -1.16. The van der Waals surface area contributed by atoms with Crippen LogP contribution in [-0.4, -0.2) is 195 Å². The summed E-state index contributed by atoms with van der Waals surface area (Å²) in [5.74, 6) is -6.88. The molecule has 3 saturated heterocycles. The number of allylic oxidation sites excluding steroid dienone is 10. The van der Waals surface area contributed by atoms with E-state index in [1.54, 1.807) is 38.2 Å². The Kier molecular flexibility index (Phi) is 26.1. The number of fused-ring (bicyclic) bond motifs is 2. The van der Waals surface area contributed by atoms with Crippen LogP contribution in [0.5, 0.6) is 0 Å². The maximum atomic E-state index is 13.1. The highest BCUT2D eigenvalue weighted by molar-refractivity contribution is 5.71. The van der Waals surface area contributed by atoms with Crippen LogP contribution >= 0.6 is 0 Å². The zero-order chi connectivity index (χ0) is 54.9. The maximum Gasteiger partial charge on any atom is 0.311 e. The fourth-order valence-electron chi connectivity index (χ4n) is 9.63. The average Bonchev–Trinajstić information content (AvgIpc) is 3.31. The number of carbonyl (C=O) groups is 2. The molecule has 0 spiro atoms. The van der Waals surface area contributed by atoms with E-state index in [1.807, 2.05) is 56.4 Å². The quantitative estimate of drug-likeness (QED) is 0.170. The van der Waals surface area contributed by atoms with Crippen molar-refractivity contribution in [1.82, 2.24) is 0 Å². The van der Waals surface area contributed by atoms with Crippen molar-refractivity contribution in [3.63, 3.8) is 0 Å². The predicted octanol–water partition coefficient (Wildman–Crippen LogP) is 0.817. The second-order valence-corrected chi connectivity index (χ2v) is 20.5. The van der Waals surface area contributed by atoms with Crippen LogP contribution in [0.2, 0.25) is 0 Å². The number of hydrogen-bond acceptors (Lipinski definition) is 20. The molecule has 21 heteroatoms. The van der Waals surface area contributed by atoms with Gasteiger partial charge >= 0.3 is 11.9 Å². The van der Waals surface area contributed by atoms with Crippen molar-refractivity contribution < 1.29 is 99.3 Å². The predicted molar refractivity (Wildman–Crippen MR) is 267 cm³/mol. The lowest BCUT2D eigenvalue weighted by Crippen LogP contribution is -2.61. The van der Waals surface area contributed by atoms with Gasteiger partial charge < -0.3 is 95.4 Å². The first-order valence-electron chi connectivity index (χ1n) is 25.9. The summed E-state index contributed by atoms with van der Waals surface area (Å²) in [7, 11) is 0. The standard InChI is InChI=1S/C53H85NO20/c1-29-18-16-14-12-10-8-6-7-9-11-13-15-17-19-37(72-52-49(65)46(54)48(64)33(5)71-52)25-42-45(51(66)67)41(61)28-53(68,74-42)27-40(60)38(58)21-20-34(55)22-35(56)23-36(57)24-43(62)69-31(3)30(2)50(29)73-44-26-39(59)47(63)32(4)70-44/h6-7,9,11-19,29-42,44-50,52,55-61,63-65,68H,8,10,20-28,54H2,1-5H3,(H,66,67)/b7-6+,11-9+,14-12+,15-13+,18-16+,19-17+/t29?,30?,31?,32-,33+,34?,35?,36?,37?,38?,39+,40?,41?,42?,44?,45?,46-,47-,48+,49-,50?,52?,53?/m0/s1. The van der Waals surface area contributed by atoms with Crippen LogP contribution in [0.3, 0.4) is 0 Å². The monoisotopic (exact) mass is 1060 g/mol. The van der Waals surface area contributed by atoms with Crippen molar-refractivity contribution >= 4 is 11.9 Å². The molecule has 0 aliphatic carbocycles. The lowest BCUT2D eigenvalue weighted by molar-refractivity contribution is -0.310. The zero-order valence-corrected chi connectivity index (χ0v) is 43.1. The second kappa shape index (κ2) is 30.6. The molecule has 4 aliphatic rings. The number of aliphatic carboxylic acids is 1. The minimum absolute atomic E-state index is 0.0208. The van der Waals surface area contributed by atoms with Gasteiger partial charge in [-0.3, -0.25) is 9.59 Å². The number of nitrogens with two attached hydrogens (primary N) is 1. The highest BCUT2D eigenvalue weighted by Crippen LogP contribution is 2.38. The van der Waals surface area contributed by atoms with Crippen LogP contribution in [0.25, 0.3) is 0 Å². The van der Waals surface area contributed by atoms with E-state index in [0.717, 1.165) is 12.8 Å². The van der Waals surface area contributed by atoms with Crippen LogP contribution in [0.1, 0.15) is 105 Å². The minimum atomic E-state index is -2.37. The molecular weight excluding hydrogens is 971 g/mol. The lowest BCUT2D eigenvalue weighted by Gasteiger charge is -2.45. The van der Waals surface area contributed by atoms with E-state index in [2.05, 4.69) is 0 Å². The molecule has 0 radical (unpaired) electrons. The third kappa shape index (κ3) is 19.9. The van der Waals surface area contributed by atoms with Gasteiger partial charge in [0.15, 0.2) is 18.4 Å². The number of rotatable bonds is 5. The van der Waals surface area contributed by atoms with E-state index in [1.165, 1.54) is 13.0 Å². The molecule has 4 rings (SSSR count). The number of carbonyl (C=O) groups excluding carboxylic acids is 1. The molecule has 0 aromatic heterocycles. The largest absolute Gasteiger partial charge is 0.481 e. The topological polar surface area (TPSA) is 358 Å². The Morgan fingerprint density at radius 1 is 0.635 bits per heavy atom. The van der Waals surface area contributed by atoms with Crippen molar-refractivity contribution in [3.8, 4) is 0 Å². The Morgan fingerprint density at radius 3 is 1.89 bits per heavy atom. The van der Waals surface area contributed by atoms with E-state index in [-0.39, 0.29) is 44.4 Å². The van der Waals surface area contributed by atoms with E-state index in [0.29, 0.717) is 0 Å². The van der Waals surface area contributed by atoms with Crippen LogP contribution in [0.15, 0.2) is 72.9 Å². The van der Waals surface area contributed by atoms with Gasteiger partial charge in [-0.25, -0.2) is 0 Å². The Morgan fingerprint density at radius 2 is 1.23 bits per heavy atom. The van der Waals surface area contributed by atoms with Crippen LogP contribution in [0.4, 0.5) is 0 Å². The summed E-state index contributed by atoms with van der Waals surface area (Å²) in [6.07, 6.45) is -1.63. The van der Waals surface area contributed by atoms with Crippen LogP contribution < -0.4 is 5.73 Å². The number of esters is 1. The lowest BCUT2D eigenvalue weighted by atomic mass is 9.82. The average molecular weight is 1060 g/mol. The van der Waals surface area contributed by atoms with Gasteiger partial charge in [-0.15, -0.1) is 0 Å². The summed E-state index contributed by atoms with van der Waals surface area (Å²) >= 11 is 0. The molecule has 2 bridgehead atoms. The highest BCUT2D eigenvalue weighted by atomic mass is 16.7. The molecule has 422 valence electrons. The number of cyclic esters (lactones) is 1. The molecule has 23 atom stereocenters. The molecule has 0 aromatic rings. The van der Waals surface area contributed by atoms with Crippen LogP contribution in [0, 0.1) is 17.8 Å². The minimum Gasteiger partial charge on any atom is -0.481 e. The number of carboxylic acids is 1. The summed E-state index contributed by atoms with van der Waals surface area (Å²) in [4.78, 5) is 25.6. The Bertz CT molecular complexity index is 1870. The van der Waals surface area contributed by atoms with Crippen molar-refractivity contribution in [3.05, 3.63) is 72.9 Å². The summed E-state index contributed by atoms with van der Waals surface area (Å²) in [6.45, 7) is 8.61. The second-order valence-electron chi connectivity index (χ2n) is 20.5. The highest BCUT2D eigenvalue weighted by Gasteiger charge is 2.51. The molecule has 3 fully saturated rings. The molecule has 0 aromatic carbocycles. The smallest absolute Gasteiger partial charge is 0.311 e. The van der Waals surface area contributed by atoms with Gasteiger partial charge in [-0.05, 0) is 59.3 Å². The van der Waals surface area contributed by atoms with Crippen molar-refractivity contribution in [1.29, 1.82) is 0 Å². The van der Waals surface area contributed by atoms with Gasteiger partial charge in [-0.2, -0.15) is 0 Å². The Balaban J connectivity index is 1.55. The number of aliphatic hydroxyl groups excluding tert-OH is 10. The van der Waals surface area contributed by atoms with Gasteiger partial charge in [0.25, 0.3) is 0 Å². The van der Waals surface area contributed by atoms with Crippen molar-refractivity contribution in [2.24, 2.45) is 23.5 Å². The third-order valence-corrected chi connectivity index (χ3v) is 14.2. The van der Waals surface area contributed by atoms with Gasteiger partial charge in [0.1, 0.15) is 24.2 Å². The van der Waals surface area contributed by atoms with E-state index in [4.69, 9.17) is 34.2 Å². The third-order valence-electron chi connectivity index (χ3n) is 14.2. The molecule has 74 heavy (non-hydrogen) atoms. The molecule has 4 aliphatic heterocycles.